The van der Waals surface area contributed by atoms with Gasteiger partial charge in [-0.15, -0.1) is 10.2 Å². The summed E-state index contributed by atoms with van der Waals surface area (Å²) in [7, 11) is 3.94. The van der Waals surface area contributed by atoms with E-state index in [0.29, 0.717) is 5.25 Å². The monoisotopic (exact) mass is 280 g/mol. The minimum atomic E-state index is 0.341. The topological polar surface area (TPSA) is 55.0 Å². The molecule has 1 aromatic heterocycles. The molecule has 1 aromatic carbocycles. The van der Waals surface area contributed by atoms with Gasteiger partial charge in [0, 0.05) is 25.0 Å². The molecule has 2 N–H and O–H groups in total. The molecule has 0 bridgehead atoms. The highest BCUT2D eigenvalue weighted by atomic mass is 32.2. The van der Waals surface area contributed by atoms with E-state index in [9.17, 15) is 0 Å². The van der Waals surface area contributed by atoms with Crippen LogP contribution in [-0.4, -0.2) is 24.3 Å². The van der Waals surface area contributed by atoms with Crippen LogP contribution in [0.2, 0.25) is 0 Å². The second-order valence-electron chi connectivity index (χ2n) is 4.17. The molecule has 2 aromatic rings. The third-order valence-electron chi connectivity index (χ3n) is 2.46. The summed E-state index contributed by atoms with van der Waals surface area (Å²) in [4.78, 5) is 1.97. The molecule has 0 saturated carbocycles. The Balaban J connectivity index is 2.06. The maximum atomic E-state index is 5.68. The maximum absolute atomic E-state index is 5.68. The van der Waals surface area contributed by atoms with Crippen LogP contribution in [0.3, 0.4) is 0 Å². The van der Waals surface area contributed by atoms with Crippen molar-refractivity contribution in [3.63, 3.8) is 0 Å². The van der Waals surface area contributed by atoms with Crippen LogP contribution in [0.15, 0.2) is 28.6 Å². The van der Waals surface area contributed by atoms with Gasteiger partial charge in [-0.05, 0) is 24.6 Å². The van der Waals surface area contributed by atoms with Crippen molar-refractivity contribution in [2.75, 3.05) is 24.7 Å². The van der Waals surface area contributed by atoms with Crippen molar-refractivity contribution in [1.29, 1.82) is 0 Å². The minimum absolute atomic E-state index is 0.341. The SMILES string of the molecule is CC(Sc1nnc(N(C)C)s1)c1ccc(N)cc1. The van der Waals surface area contributed by atoms with E-state index >= 15 is 0 Å². The highest BCUT2D eigenvalue weighted by Gasteiger charge is 2.12. The zero-order valence-corrected chi connectivity index (χ0v) is 12.3. The van der Waals surface area contributed by atoms with Gasteiger partial charge in [-0.1, -0.05) is 35.2 Å². The Labute approximate surface area is 115 Å². The first-order chi connectivity index (χ1) is 8.56. The lowest BCUT2D eigenvalue weighted by atomic mass is 10.1. The van der Waals surface area contributed by atoms with E-state index in [1.54, 1.807) is 23.1 Å². The maximum Gasteiger partial charge on any atom is 0.208 e. The van der Waals surface area contributed by atoms with Crippen LogP contribution in [-0.2, 0) is 0 Å². The molecule has 0 amide bonds. The largest absolute Gasteiger partial charge is 0.399 e. The Morgan fingerprint density at radius 1 is 1.22 bits per heavy atom. The van der Waals surface area contributed by atoms with Crippen molar-refractivity contribution < 1.29 is 0 Å². The number of aromatic nitrogens is 2. The third-order valence-corrected chi connectivity index (χ3v) is 4.80. The molecule has 0 aliphatic carbocycles. The molecule has 0 aliphatic rings. The summed E-state index contributed by atoms with van der Waals surface area (Å²) in [5, 5.41) is 9.59. The molecule has 0 fully saturated rings. The average molecular weight is 280 g/mol. The molecular formula is C12H16N4S2. The molecule has 1 atom stereocenters. The van der Waals surface area contributed by atoms with Gasteiger partial charge in [-0.25, -0.2) is 0 Å². The number of nitrogens with two attached hydrogens (primary N) is 1. The molecule has 0 spiro atoms. The Hall–Kier alpha value is -1.27. The fourth-order valence-corrected chi connectivity index (χ4v) is 3.45. The Bertz CT molecular complexity index is 507. The molecule has 18 heavy (non-hydrogen) atoms. The number of nitrogen functional groups attached to an aromatic ring is 1. The number of rotatable bonds is 4. The second kappa shape index (κ2) is 5.58. The molecular weight excluding hydrogens is 264 g/mol. The average Bonchev–Trinajstić information content (AvgIpc) is 2.78. The van der Waals surface area contributed by atoms with Crippen molar-refractivity contribution in [1.82, 2.24) is 10.2 Å². The summed E-state index contributed by atoms with van der Waals surface area (Å²) < 4.78 is 0.989. The van der Waals surface area contributed by atoms with Crippen LogP contribution in [0.4, 0.5) is 10.8 Å². The zero-order chi connectivity index (χ0) is 13.1. The highest BCUT2D eigenvalue weighted by molar-refractivity contribution is 8.01. The highest BCUT2D eigenvalue weighted by Crippen LogP contribution is 2.37. The van der Waals surface area contributed by atoms with E-state index in [1.807, 2.05) is 31.1 Å². The van der Waals surface area contributed by atoms with Gasteiger partial charge in [0.2, 0.25) is 5.13 Å². The van der Waals surface area contributed by atoms with Gasteiger partial charge < -0.3 is 10.6 Å². The molecule has 1 heterocycles. The van der Waals surface area contributed by atoms with E-state index < -0.39 is 0 Å². The van der Waals surface area contributed by atoms with Crippen molar-refractivity contribution in [2.45, 2.75) is 16.5 Å². The van der Waals surface area contributed by atoms with Gasteiger partial charge in [0.1, 0.15) is 0 Å². The van der Waals surface area contributed by atoms with E-state index in [2.05, 4.69) is 29.3 Å². The minimum Gasteiger partial charge on any atom is -0.399 e. The second-order valence-corrected chi connectivity index (χ2v) is 6.72. The van der Waals surface area contributed by atoms with Crippen LogP contribution >= 0.6 is 23.1 Å². The zero-order valence-electron chi connectivity index (χ0n) is 10.6. The van der Waals surface area contributed by atoms with Crippen molar-refractivity contribution >= 4 is 33.9 Å². The lowest BCUT2D eigenvalue weighted by molar-refractivity contribution is 0.967. The number of benzene rings is 1. The molecule has 0 aliphatic heterocycles. The lowest BCUT2D eigenvalue weighted by Gasteiger charge is -2.09. The first kappa shape index (κ1) is 13.2. The standard InChI is InChI=1S/C12H16N4S2/c1-8(9-4-6-10(13)7-5-9)17-12-15-14-11(18-12)16(2)3/h4-8H,13H2,1-3H3. The Morgan fingerprint density at radius 3 is 2.44 bits per heavy atom. The first-order valence-corrected chi connectivity index (χ1v) is 7.29. The fraction of sp³-hybridized carbons (Fsp3) is 0.333. The van der Waals surface area contributed by atoms with Crippen molar-refractivity contribution in [2.24, 2.45) is 0 Å². The van der Waals surface area contributed by atoms with Gasteiger partial charge in [0.05, 0.1) is 0 Å². The molecule has 4 nitrogen and oxygen atoms in total. The van der Waals surface area contributed by atoms with Gasteiger partial charge in [-0.2, -0.15) is 0 Å². The summed E-state index contributed by atoms with van der Waals surface area (Å²) in [6.45, 7) is 2.16. The quantitative estimate of drug-likeness (QED) is 0.689. The van der Waals surface area contributed by atoms with E-state index in [-0.39, 0.29) is 0 Å². The Morgan fingerprint density at radius 2 is 1.89 bits per heavy atom. The first-order valence-electron chi connectivity index (χ1n) is 5.59. The summed E-state index contributed by atoms with van der Waals surface area (Å²) >= 11 is 3.33. The van der Waals surface area contributed by atoms with Crippen molar-refractivity contribution in [3.8, 4) is 0 Å². The molecule has 0 saturated heterocycles. The van der Waals surface area contributed by atoms with Crippen LogP contribution in [0.5, 0.6) is 0 Å². The lowest BCUT2D eigenvalue weighted by Crippen LogP contribution is -2.07. The fourth-order valence-electron chi connectivity index (χ4n) is 1.42. The van der Waals surface area contributed by atoms with Crippen LogP contribution in [0, 0.1) is 0 Å². The van der Waals surface area contributed by atoms with Gasteiger partial charge >= 0.3 is 0 Å². The van der Waals surface area contributed by atoms with Crippen LogP contribution < -0.4 is 10.6 Å². The van der Waals surface area contributed by atoms with Crippen LogP contribution in [0.1, 0.15) is 17.7 Å². The number of nitrogens with zero attached hydrogens (tertiary/aromatic N) is 3. The molecule has 6 heteroatoms. The number of hydrogen-bond donors (Lipinski definition) is 1. The van der Waals surface area contributed by atoms with Gasteiger partial charge in [0.15, 0.2) is 4.34 Å². The number of anilines is 2. The van der Waals surface area contributed by atoms with Crippen molar-refractivity contribution in [3.05, 3.63) is 29.8 Å². The summed E-state index contributed by atoms with van der Waals surface area (Å²) in [6, 6.07) is 7.97. The predicted molar refractivity (Wildman–Crippen MR) is 79.4 cm³/mol. The normalized spacial score (nSPS) is 12.4. The summed E-state index contributed by atoms with van der Waals surface area (Å²) in [5.41, 5.74) is 7.72. The van der Waals surface area contributed by atoms with Crippen LogP contribution in [0.25, 0.3) is 0 Å². The molecule has 1 unspecified atom stereocenters. The molecule has 0 radical (unpaired) electrons. The molecule has 96 valence electrons. The van der Waals surface area contributed by atoms with Gasteiger partial charge in [0.25, 0.3) is 0 Å². The number of hydrogen-bond acceptors (Lipinski definition) is 6. The van der Waals surface area contributed by atoms with E-state index in [0.717, 1.165) is 15.2 Å². The summed E-state index contributed by atoms with van der Waals surface area (Å²) in [6.07, 6.45) is 0. The van der Waals surface area contributed by atoms with Gasteiger partial charge in [-0.3, -0.25) is 0 Å². The van der Waals surface area contributed by atoms with E-state index in [4.69, 9.17) is 5.73 Å². The predicted octanol–water partition coefficient (Wildman–Crippen LogP) is 3.04. The third kappa shape index (κ3) is 3.14. The summed E-state index contributed by atoms with van der Waals surface area (Å²) in [5.74, 6) is 0. The number of thioether (sulfide) groups is 1. The Kier molecular flexibility index (Phi) is 4.08. The molecule has 2 rings (SSSR count). The van der Waals surface area contributed by atoms with E-state index in [1.165, 1.54) is 5.56 Å². The smallest absolute Gasteiger partial charge is 0.208 e.